The van der Waals surface area contributed by atoms with Gasteiger partial charge in [-0.2, -0.15) is 5.10 Å². The number of nitrogens with one attached hydrogen (secondary N) is 1. The van der Waals surface area contributed by atoms with Crippen LogP contribution in [0.1, 0.15) is 17.0 Å². The fourth-order valence-electron chi connectivity index (χ4n) is 4.32. The molecule has 2 amide bonds. The van der Waals surface area contributed by atoms with E-state index in [-0.39, 0.29) is 11.8 Å². The van der Waals surface area contributed by atoms with E-state index in [9.17, 15) is 9.59 Å². The first kappa shape index (κ1) is 20.6. The Balaban J connectivity index is 1.24. The second-order valence-corrected chi connectivity index (χ2v) is 8.19. The molecular formula is C22H30N6O2. The van der Waals surface area contributed by atoms with Gasteiger partial charge in [-0.15, -0.1) is 0 Å². The highest BCUT2D eigenvalue weighted by atomic mass is 16.2. The largest absolute Gasteiger partial charge is 0.322 e. The van der Waals surface area contributed by atoms with E-state index in [4.69, 9.17) is 0 Å². The second kappa shape index (κ2) is 8.57. The topological polar surface area (TPSA) is 73.7 Å². The molecule has 1 N–H and O–H groups in total. The molecule has 2 aliphatic rings. The summed E-state index contributed by atoms with van der Waals surface area (Å²) in [6, 6.07) is 8.14. The van der Waals surface area contributed by atoms with Crippen LogP contribution in [0.2, 0.25) is 0 Å². The van der Waals surface area contributed by atoms with Crippen LogP contribution in [0.25, 0.3) is 0 Å². The van der Waals surface area contributed by atoms with Gasteiger partial charge in [-0.25, -0.2) is 0 Å². The molecule has 4 rings (SSSR count). The molecule has 0 spiro atoms. The highest BCUT2D eigenvalue weighted by Crippen LogP contribution is 2.27. The summed E-state index contributed by atoms with van der Waals surface area (Å²) in [4.78, 5) is 31.5. The number of carbonyl (C=O) groups excluding carboxylic acids is 2. The summed E-state index contributed by atoms with van der Waals surface area (Å²) < 4.78 is 1.78. The Kier molecular flexibility index (Phi) is 5.87. The maximum atomic E-state index is 12.8. The van der Waals surface area contributed by atoms with E-state index in [1.54, 1.807) is 4.68 Å². The first-order valence-corrected chi connectivity index (χ1v) is 10.6. The van der Waals surface area contributed by atoms with E-state index in [0.29, 0.717) is 13.1 Å². The predicted molar refractivity (Wildman–Crippen MR) is 117 cm³/mol. The van der Waals surface area contributed by atoms with Crippen LogP contribution in [0, 0.1) is 13.8 Å². The average Bonchev–Trinajstić information content (AvgIpc) is 3.26. The van der Waals surface area contributed by atoms with Gasteiger partial charge in [-0.1, -0.05) is 18.2 Å². The first-order valence-electron chi connectivity index (χ1n) is 10.6. The number of amides is 2. The van der Waals surface area contributed by atoms with Gasteiger partial charge in [-0.3, -0.25) is 24.1 Å². The summed E-state index contributed by atoms with van der Waals surface area (Å²) in [6.45, 7) is 8.55. The zero-order valence-corrected chi connectivity index (χ0v) is 18.0. The maximum Gasteiger partial charge on any atom is 0.241 e. The molecule has 0 unspecified atom stereocenters. The summed E-state index contributed by atoms with van der Waals surface area (Å²) >= 11 is 0. The second-order valence-electron chi connectivity index (χ2n) is 8.19. The van der Waals surface area contributed by atoms with Crippen molar-refractivity contribution in [2.24, 2.45) is 7.05 Å². The normalized spacial score (nSPS) is 17.2. The van der Waals surface area contributed by atoms with Crippen molar-refractivity contribution in [1.82, 2.24) is 19.6 Å². The lowest BCUT2D eigenvalue weighted by atomic mass is 10.2. The molecule has 0 atom stereocenters. The van der Waals surface area contributed by atoms with Gasteiger partial charge in [0.25, 0.3) is 0 Å². The number of para-hydroxylation sites is 1. The average molecular weight is 411 g/mol. The van der Waals surface area contributed by atoms with Gasteiger partial charge in [0, 0.05) is 45.5 Å². The Morgan fingerprint density at radius 3 is 2.33 bits per heavy atom. The van der Waals surface area contributed by atoms with Gasteiger partial charge in [0.15, 0.2) is 0 Å². The van der Waals surface area contributed by atoms with Crippen molar-refractivity contribution < 1.29 is 9.59 Å². The third-order valence-electron chi connectivity index (χ3n) is 6.15. The number of carbonyl (C=O) groups is 2. The van der Waals surface area contributed by atoms with E-state index >= 15 is 0 Å². The van der Waals surface area contributed by atoms with Crippen molar-refractivity contribution in [3.05, 3.63) is 41.2 Å². The number of hydrogen-bond acceptors (Lipinski definition) is 5. The van der Waals surface area contributed by atoms with Crippen molar-refractivity contribution in [3.8, 4) is 0 Å². The molecule has 1 aromatic heterocycles. The summed E-state index contributed by atoms with van der Waals surface area (Å²) in [5.41, 5.74) is 4.89. The fraction of sp³-hybridized carbons (Fsp3) is 0.500. The highest BCUT2D eigenvalue weighted by Gasteiger charge is 2.27. The van der Waals surface area contributed by atoms with Crippen LogP contribution in [0.3, 0.4) is 0 Å². The number of aryl methyl sites for hydroxylation is 2. The molecule has 1 aromatic carbocycles. The number of aromatic nitrogens is 2. The van der Waals surface area contributed by atoms with E-state index in [1.807, 2.05) is 44.0 Å². The van der Waals surface area contributed by atoms with Crippen molar-refractivity contribution in [3.63, 3.8) is 0 Å². The van der Waals surface area contributed by atoms with E-state index in [1.165, 1.54) is 5.56 Å². The van der Waals surface area contributed by atoms with Gasteiger partial charge >= 0.3 is 0 Å². The van der Waals surface area contributed by atoms with Gasteiger partial charge in [-0.05, 0) is 31.9 Å². The molecule has 8 heteroatoms. The Morgan fingerprint density at radius 1 is 1.00 bits per heavy atom. The molecule has 3 heterocycles. The zero-order chi connectivity index (χ0) is 21.3. The van der Waals surface area contributed by atoms with Crippen LogP contribution < -0.4 is 10.2 Å². The van der Waals surface area contributed by atoms with E-state index < -0.39 is 0 Å². The Hall–Kier alpha value is -2.71. The third kappa shape index (κ3) is 4.24. The number of rotatable bonds is 5. The monoisotopic (exact) mass is 410 g/mol. The third-order valence-corrected chi connectivity index (χ3v) is 6.15. The predicted octanol–water partition coefficient (Wildman–Crippen LogP) is 1.18. The molecule has 8 nitrogen and oxygen atoms in total. The van der Waals surface area contributed by atoms with Crippen molar-refractivity contribution >= 4 is 23.2 Å². The lowest BCUT2D eigenvalue weighted by molar-refractivity contribution is -0.121. The minimum Gasteiger partial charge on any atom is -0.322 e. The van der Waals surface area contributed by atoms with Crippen LogP contribution in [-0.4, -0.2) is 77.2 Å². The van der Waals surface area contributed by atoms with Crippen LogP contribution in [0.5, 0.6) is 0 Å². The zero-order valence-electron chi connectivity index (χ0n) is 18.0. The van der Waals surface area contributed by atoms with Crippen LogP contribution in [0.15, 0.2) is 24.3 Å². The Morgan fingerprint density at radius 2 is 1.67 bits per heavy atom. The van der Waals surface area contributed by atoms with Crippen molar-refractivity contribution in [1.29, 1.82) is 0 Å². The summed E-state index contributed by atoms with van der Waals surface area (Å²) in [5.74, 6) is 0.140. The molecule has 1 saturated heterocycles. The molecule has 0 radical (unpaired) electrons. The van der Waals surface area contributed by atoms with Crippen LogP contribution >= 0.6 is 0 Å². The number of anilines is 2. The lowest BCUT2D eigenvalue weighted by Gasteiger charge is -2.34. The molecule has 1 fully saturated rings. The molecule has 0 bridgehead atoms. The van der Waals surface area contributed by atoms with Crippen LogP contribution in [-0.2, 0) is 23.1 Å². The number of nitrogens with zero attached hydrogens (tertiary/aromatic N) is 5. The smallest absolute Gasteiger partial charge is 0.241 e. The summed E-state index contributed by atoms with van der Waals surface area (Å²) in [5, 5.41) is 7.34. The minimum absolute atomic E-state index is 0.0209. The lowest BCUT2D eigenvalue weighted by Crippen LogP contribution is -2.51. The maximum absolute atomic E-state index is 12.8. The molecule has 0 saturated carbocycles. The van der Waals surface area contributed by atoms with Crippen molar-refractivity contribution in [2.75, 3.05) is 56.0 Å². The highest BCUT2D eigenvalue weighted by molar-refractivity contribution is 5.96. The minimum atomic E-state index is -0.0209. The number of benzene rings is 1. The van der Waals surface area contributed by atoms with E-state index in [2.05, 4.69) is 26.3 Å². The molecular weight excluding hydrogens is 380 g/mol. The summed E-state index contributed by atoms with van der Waals surface area (Å²) in [7, 11) is 1.87. The molecule has 2 aromatic rings. The standard InChI is InChI=1S/C22H30N6O2/c1-16-22(17(2)25(3)24-16)23-20(29)14-26-10-12-27(13-11-26)15-21(30)28-9-8-18-6-4-5-7-19(18)28/h4-7H,8-15H2,1-3H3,(H,23,29). The molecule has 0 aliphatic carbocycles. The summed E-state index contributed by atoms with van der Waals surface area (Å²) in [6.07, 6.45) is 0.931. The van der Waals surface area contributed by atoms with Gasteiger partial charge < -0.3 is 10.2 Å². The number of piperazine rings is 1. The van der Waals surface area contributed by atoms with Gasteiger partial charge in [0.05, 0.1) is 30.2 Å². The molecule has 30 heavy (non-hydrogen) atoms. The van der Waals surface area contributed by atoms with Crippen LogP contribution in [0.4, 0.5) is 11.4 Å². The Bertz CT molecular complexity index is 945. The molecule has 160 valence electrons. The quantitative estimate of drug-likeness (QED) is 0.801. The number of fused-ring (bicyclic) bond motifs is 1. The van der Waals surface area contributed by atoms with Gasteiger partial charge in [0.1, 0.15) is 0 Å². The SMILES string of the molecule is Cc1nn(C)c(C)c1NC(=O)CN1CCN(CC(=O)N2CCc3ccccc32)CC1. The number of hydrogen-bond donors (Lipinski definition) is 1. The van der Waals surface area contributed by atoms with Crippen molar-refractivity contribution in [2.45, 2.75) is 20.3 Å². The molecule has 2 aliphatic heterocycles. The Labute approximate surface area is 177 Å². The first-order chi connectivity index (χ1) is 14.4. The van der Waals surface area contributed by atoms with E-state index in [0.717, 1.165) is 61.9 Å². The fourth-order valence-corrected chi connectivity index (χ4v) is 4.32. The van der Waals surface area contributed by atoms with Gasteiger partial charge in [0.2, 0.25) is 11.8 Å².